The average Bonchev–Trinajstić information content (AvgIpc) is 2.60. The second-order valence-corrected chi connectivity index (χ2v) is 6.46. The summed E-state index contributed by atoms with van der Waals surface area (Å²) in [6.45, 7) is 2.11. The Kier molecular flexibility index (Phi) is 4.99. The fourth-order valence-corrected chi connectivity index (χ4v) is 3.22. The van der Waals surface area contributed by atoms with Crippen LogP contribution >= 0.6 is 0 Å². The molecule has 0 aromatic heterocycles. The van der Waals surface area contributed by atoms with E-state index in [0.717, 1.165) is 18.7 Å². The van der Waals surface area contributed by atoms with Crippen molar-refractivity contribution in [2.75, 3.05) is 18.4 Å². The van der Waals surface area contributed by atoms with Crippen LogP contribution < -0.4 is 11.1 Å². The number of primary amides is 1. The molecule has 1 aliphatic heterocycles. The van der Waals surface area contributed by atoms with E-state index in [9.17, 15) is 13.6 Å². The summed E-state index contributed by atoms with van der Waals surface area (Å²) in [7, 11) is 0. The molecular formula is C19H21F2N3O. The van der Waals surface area contributed by atoms with Gasteiger partial charge in [0.2, 0.25) is 5.91 Å². The molecule has 0 unspecified atom stereocenters. The summed E-state index contributed by atoms with van der Waals surface area (Å²) in [5.74, 6) is -1.91. The minimum Gasteiger partial charge on any atom is -0.369 e. The van der Waals surface area contributed by atoms with Gasteiger partial charge in [0.25, 0.3) is 0 Å². The lowest BCUT2D eigenvalue weighted by Crippen LogP contribution is -2.57. The molecular weight excluding hydrogens is 324 g/mol. The second kappa shape index (κ2) is 7.19. The van der Waals surface area contributed by atoms with Crippen LogP contribution in [0, 0.1) is 11.6 Å². The van der Waals surface area contributed by atoms with Crippen LogP contribution in [0.4, 0.5) is 14.5 Å². The first kappa shape index (κ1) is 17.4. The van der Waals surface area contributed by atoms with E-state index in [1.807, 2.05) is 18.2 Å². The van der Waals surface area contributed by atoms with Crippen molar-refractivity contribution in [1.29, 1.82) is 0 Å². The van der Waals surface area contributed by atoms with Crippen molar-refractivity contribution in [2.24, 2.45) is 5.73 Å². The molecule has 1 fully saturated rings. The Hall–Kier alpha value is -2.47. The van der Waals surface area contributed by atoms with E-state index in [0.29, 0.717) is 25.9 Å². The van der Waals surface area contributed by atoms with E-state index >= 15 is 0 Å². The van der Waals surface area contributed by atoms with Crippen molar-refractivity contribution in [3.8, 4) is 0 Å². The van der Waals surface area contributed by atoms with Crippen molar-refractivity contribution in [2.45, 2.75) is 24.9 Å². The van der Waals surface area contributed by atoms with Crippen molar-refractivity contribution >= 4 is 11.6 Å². The third kappa shape index (κ3) is 3.96. The monoisotopic (exact) mass is 345 g/mol. The van der Waals surface area contributed by atoms with Gasteiger partial charge in [-0.3, -0.25) is 9.69 Å². The smallest absolute Gasteiger partial charge is 0.243 e. The van der Waals surface area contributed by atoms with Crippen LogP contribution in [0.3, 0.4) is 0 Å². The van der Waals surface area contributed by atoms with E-state index in [1.54, 1.807) is 0 Å². The summed E-state index contributed by atoms with van der Waals surface area (Å²) in [5.41, 5.74) is 5.88. The number of amides is 1. The average molecular weight is 345 g/mol. The number of halogens is 2. The molecule has 132 valence electrons. The first-order valence-corrected chi connectivity index (χ1v) is 8.28. The molecule has 25 heavy (non-hydrogen) atoms. The maximum atomic E-state index is 13.9. The summed E-state index contributed by atoms with van der Waals surface area (Å²) in [6.07, 6.45) is 0.929. The highest BCUT2D eigenvalue weighted by Crippen LogP contribution is 2.29. The van der Waals surface area contributed by atoms with Crippen LogP contribution in [-0.4, -0.2) is 29.4 Å². The number of nitrogens with one attached hydrogen (secondary N) is 1. The molecule has 4 nitrogen and oxygen atoms in total. The third-order valence-corrected chi connectivity index (χ3v) is 4.74. The molecule has 3 N–H and O–H groups in total. The van der Waals surface area contributed by atoms with E-state index in [-0.39, 0.29) is 5.69 Å². The quantitative estimate of drug-likeness (QED) is 0.876. The summed E-state index contributed by atoms with van der Waals surface area (Å²) in [5, 5.41) is 2.93. The molecule has 0 bridgehead atoms. The minimum atomic E-state index is -1.02. The van der Waals surface area contributed by atoms with Gasteiger partial charge in [0.05, 0.1) is 5.69 Å². The van der Waals surface area contributed by atoms with Gasteiger partial charge in [0.1, 0.15) is 17.2 Å². The lowest BCUT2D eigenvalue weighted by atomic mass is 9.86. The lowest BCUT2D eigenvalue weighted by molar-refractivity contribution is -0.123. The van der Waals surface area contributed by atoms with Gasteiger partial charge in [-0.2, -0.15) is 0 Å². The SMILES string of the molecule is NC(=O)C1(Nc2ccc(F)cc2F)CCN(Cc2ccccc2)CC1. The van der Waals surface area contributed by atoms with Gasteiger partial charge < -0.3 is 11.1 Å². The number of anilines is 1. The van der Waals surface area contributed by atoms with Crippen LogP contribution in [0.2, 0.25) is 0 Å². The number of rotatable bonds is 5. The van der Waals surface area contributed by atoms with Crippen LogP contribution in [0.15, 0.2) is 48.5 Å². The van der Waals surface area contributed by atoms with E-state index in [4.69, 9.17) is 5.73 Å². The zero-order valence-electron chi connectivity index (χ0n) is 13.8. The number of likely N-dealkylation sites (tertiary alicyclic amines) is 1. The fourth-order valence-electron chi connectivity index (χ4n) is 3.22. The highest BCUT2D eigenvalue weighted by Gasteiger charge is 2.40. The summed E-state index contributed by atoms with van der Waals surface area (Å²) in [6, 6.07) is 13.3. The standard InChI is InChI=1S/C19H21F2N3O/c20-15-6-7-17(16(21)12-15)23-19(18(22)25)8-10-24(11-9-19)13-14-4-2-1-3-5-14/h1-7,12,23H,8-11,13H2,(H2,22,25). The number of carbonyl (C=O) groups is 1. The Balaban J connectivity index is 1.69. The van der Waals surface area contributed by atoms with Gasteiger partial charge in [0.15, 0.2) is 0 Å². The predicted octanol–water partition coefficient (Wildman–Crippen LogP) is 2.90. The van der Waals surface area contributed by atoms with Gasteiger partial charge in [-0.1, -0.05) is 30.3 Å². The molecule has 1 saturated heterocycles. The Labute approximate surface area is 145 Å². The van der Waals surface area contributed by atoms with Crippen molar-refractivity contribution in [1.82, 2.24) is 4.90 Å². The molecule has 2 aromatic carbocycles. The van der Waals surface area contributed by atoms with Crippen molar-refractivity contribution in [3.63, 3.8) is 0 Å². The maximum Gasteiger partial charge on any atom is 0.243 e. The summed E-state index contributed by atoms with van der Waals surface area (Å²) >= 11 is 0. The molecule has 0 radical (unpaired) electrons. The second-order valence-electron chi connectivity index (χ2n) is 6.46. The number of nitrogens with two attached hydrogens (primary N) is 1. The van der Waals surface area contributed by atoms with Gasteiger partial charge in [-0.25, -0.2) is 8.78 Å². The molecule has 3 rings (SSSR count). The molecule has 2 aromatic rings. The zero-order chi connectivity index (χ0) is 17.9. The fraction of sp³-hybridized carbons (Fsp3) is 0.316. The Morgan fingerprint density at radius 1 is 1.12 bits per heavy atom. The molecule has 1 heterocycles. The number of carbonyl (C=O) groups excluding carboxylic acids is 1. The van der Waals surface area contributed by atoms with Crippen molar-refractivity contribution in [3.05, 3.63) is 65.7 Å². The minimum absolute atomic E-state index is 0.0942. The molecule has 0 saturated carbocycles. The van der Waals surface area contributed by atoms with Crippen LogP contribution in [0.1, 0.15) is 18.4 Å². The summed E-state index contributed by atoms with van der Waals surface area (Å²) in [4.78, 5) is 14.3. The number of benzene rings is 2. The molecule has 1 aliphatic rings. The zero-order valence-corrected chi connectivity index (χ0v) is 13.8. The molecule has 0 spiro atoms. The topological polar surface area (TPSA) is 58.4 Å². The van der Waals surface area contributed by atoms with Gasteiger partial charge in [-0.05, 0) is 30.5 Å². The highest BCUT2D eigenvalue weighted by molar-refractivity contribution is 5.88. The predicted molar refractivity (Wildman–Crippen MR) is 92.9 cm³/mol. The number of hydrogen-bond acceptors (Lipinski definition) is 3. The lowest BCUT2D eigenvalue weighted by Gasteiger charge is -2.40. The Morgan fingerprint density at radius 2 is 1.80 bits per heavy atom. The molecule has 0 aliphatic carbocycles. The number of piperidine rings is 1. The highest BCUT2D eigenvalue weighted by atomic mass is 19.1. The third-order valence-electron chi connectivity index (χ3n) is 4.74. The largest absolute Gasteiger partial charge is 0.369 e. The van der Waals surface area contributed by atoms with Crippen LogP contribution in [0.5, 0.6) is 0 Å². The number of hydrogen-bond donors (Lipinski definition) is 2. The maximum absolute atomic E-state index is 13.9. The first-order chi connectivity index (χ1) is 12.0. The van der Waals surface area contributed by atoms with E-state index in [1.165, 1.54) is 11.6 Å². The van der Waals surface area contributed by atoms with Gasteiger partial charge in [0, 0.05) is 25.7 Å². The normalized spacial score (nSPS) is 17.2. The van der Waals surface area contributed by atoms with E-state index in [2.05, 4.69) is 22.3 Å². The van der Waals surface area contributed by atoms with Gasteiger partial charge >= 0.3 is 0 Å². The Bertz CT molecular complexity index is 744. The first-order valence-electron chi connectivity index (χ1n) is 8.28. The van der Waals surface area contributed by atoms with Crippen LogP contribution in [-0.2, 0) is 11.3 Å². The Morgan fingerprint density at radius 3 is 2.40 bits per heavy atom. The van der Waals surface area contributed by atoms with Crippen LogP contribution in [0.25, 0.3) is 0 Å². The number of nitrogens with zero attached hydrogens (tertiary/aromatic N) is 1. The summed E-state index contributed by atoms with van der Waals surface area (Å²) < 4.78 is 27.0. The van der Waals surface area contributed by atoms with E-state index < -0.39 is 23.1 Å². The van der Waals surface area contributed by atoms with Gasteiger partial charge in [-0.15, -0.1) is 0 Å². The van der Waals surface area contributed by atoms with Crippen molar-refractivity contribution < 1.29 is 13.6 Å². The molecule has 6 heteroatoms. The molecule has 0 atom stereocenters. The molecule has 1 amide bonds.